The number of benzene rings is 1. The minimum absolute atomic E-state index is 0.191. The van der Waals surface area contributed by atoms with Gasteiger partial charge in [-0.15, -0.1) is 0 Å². The first-order chi connectivity index (χ1) is 8.69. The molecule has 1 aliphatic heterocycles. The lowest BCUT2D eigenvalue weighted by Gasteiger charge is -2.26. The van der Waals surface area contributed by atoms with Crippen molar-refractivity contribution in [3.63, 3.8) is 0 Å². The van der Waals surface area contributed by atoms with Crippen LogP contribution in [0.1, 0.15) is 43.7 Å². The lowest BCUT2D eigenvalue weighted by molar-refractivity contribution is 0.171. The smallest absolute Gasteiger partial charge is 0.0559 e. The molecule has 1 atom stereocenters. The predicted octanol–water partition coefficient (Wildman–Crippen LogP) is 2.96. The van der Waals surface area contributed by atoms with E-state index in [-0.39, 0.29) is 5.54 Å². The fourth-order valence-electron chi connectivity index (χ4n) is 3.28. The molecule has 0 radical (unpaired) electrons. The van der Waals surface area contributed by atoms with Crippen molar-refractivity contribution in [3.05, 3.63) is 35.4 Å². The largest absolute Gasteiger partial charge is 0.384 e. The van der Waals surface area contributed by atoms with Crippen LogP contribution in [0.15, 0.2) is 24.3 Å². The molecule has 1 N–H and O–H groups in total. The third kappa shape index (κ3) is 1.98. The van der Waals surface area contributed by atoms with Crippen LogP contribution in [-0.2, 0) is 15.7 Å². The molecule has 3 rings (SSSR count). The van der Waals surface area contributed by atoms with E-state index in [1.165, 1.54) is 36.8 Å². The Hall–Kier alpha value is -0.860. The van der Waals surface area contributed by atoms with Gasteiger partial charge in [-0.05, 0) is 50.3 Å². The average molecular weight is 245 g/mol. The number of hydrogen-bond acceptors (Lipinski definition) is 2. The summed E-state index contributed by atoms with van der Waals surface area (Å²) in [5.74, 6) is 0. The topological polar surface area (TPSA) is 21.3 Å². The highest BCUT2D eigenvalue weighted by Crippen LogP contribution is 2.48. The van der Waals surface area contributed by atoms with E-state index in [1.54, 1.807) is 7.11 Å². The van der Waals surface area contributed by atoms with Gasteiger partial charge in [0.15, 0.2) is 0 Å². The summed E-state index contributed by atoms with van der Waals surface area (Å²) in [6.45, 7) is 4.32. The molecule has 0 aromatic heterocycles. The predicted molar refractivity (Wildman–Crippen MR) is 73.8 cm³/mol. The summed E-state index contributed by atoms with van der Waals surface area (Å²) in [4.78, 5) is 0. The normalized spacial score (nSPS) is 29.4. The van der Waals surface area contributed by atoms with Crippen molar-refractivity contribution in [3.8, 4) is 0 Å². The van der Waals surface area contributed by atoms with Crippen LogP contribution < -0.4 is 5.32 Å². The lowest BCUT2D eigenvalue weighted by Crippen LogP contribution is -2.33. The second-order valence-electron chi connectivity index (χ2n) is 6.15. The minimum atomic E-state index is 0.191. The number of rotatable bonds is 4. The standard InChI is InChI=1S/C16H23NO/c1-15(8-3-11-17-15)13-4-6-14(7-5-13)16(9-10-16)12-18-2/h4-7,17H,3,8-12H2,1-2H3. The van der Waals surface area contributed by atoms with Gasteiger partial charge in [-0.2, -0.15) is 0 Å². The Balaban J connectivity index is 1.81. The third-order valence-corrected chi connectivity index (χ3v) is 4.78. The molecule has 1 saturated carbocycles. The molecule has 18 heavy (non-hydrogen) atoms. The van der Waals surface area contributed by atoms with E-state index in [0.717, 1.165) is 13.2 Å². The summed E-state index contributed by atoms with van der Waals surface area (Å²) in [6.07, 6.45) is 5.08. The van der Waals surface area contributed by atoms with Crippen LogP contribution in [0.3, 0.4) is 0 Å². The van der Waals surface area contributed by atoms with Crippen molar-refractivity contribution in [1.29, 1.82) is 0 Å². The lowest BCUT2D eigenvalue weighted by atomic mass is 9.88. The Labute approximate surface area is 110 Å². The van der Waals surface area contributed by atoms with Crippen LogP contribution in [0.25, 0.3) is 0 Å². The molecule has 0 amide bonds. The fourth-order valence-corrected chi connectivity index (χ4v) is 3.28. The van der Waals surface area contributed by atoms with E-state index in [1.807, 2.05) is 0 Å². The van der Waals surface area contributed by atoms with Crippen molar-refractivity contribution < 1.29 is 4.74 Å². The fraction of sp³-hybridized carbons (Fsp3) is 0.625. The molecule has 1 unspecified atom stereocenters. The Morgan fingerprint density at radius 2 is 1.78 bits per heavy atom. The van der Waals surface area contributed by atoms with Gasteiger partial charge in [0.2, 0.25) is 0 Å². The number of nitrogens with one attached hydrogen (secondary N) is 1. The maximum Gasteiger partial charge on any atom is 0.0559 e. The minimum Gasteiger partial charge on any atom is -0.384 e. The van der Waals surface area contributed by atoms with Crippen LogP contribution in [0.4, 0.5) is 0 Å². The molecular formula is C16H23NO. The third-order valence-electron chi connectivity index (χ3n) is 4.78. The number of hydrogen-bond donors (Lipinski definition) is 1. The first kappa shape index (κ1) is 12.2. The zero-order valence-electron chi connectivity index (χ0n) is 11.5. The molecule has 1 aromatic carbocycles. The van der Waals surface area contributed by atoms with Crippen molar-refractivity contribution in [2.75, 3.05) is 20.3 Å². The maximum absolute atomic E-state index is 5.36. The molecule has 2 aliphatic rings. The van der Waals surface area contributed by atoms with Gasteiger partial charge in [0.25, 0.3) is 0 Å². The van der Waals surface area contributed by atoms with Crippen LogP contribution in [-0.4, -0.2) is 20.3 Å². The molecule has 0 spiro atoms. The summed E-state index contributed by atoms with van der Waals surface area (Å²) in [5.41, 5.74) is 3.40. The Morgan fingerprint density at radius 3 is 2.28 bits per heavy atom. The molecule has 1 aliphatic carbocycles. The molecule has 0 bridgehead atoms. The molecule has 2 nitrogen and oxygen atoms in total. The van der Waals surface area contributed by atoms with Gasteiger partial charge in [-0.3, -0.25) is 0 Å². The monoisotopic (exact) mass is 245 g/mol. The SMILES string of the molecule is COCC1(c2ccc(C3(C)CCCN3)cc2)CC1. The maximum atomic E-state index is 5.36. The van der Waals surface area contributed by atoms with Gasteiger partial charge < -0.3 is 10.1 Å². The second kappa shape index (κ2) is 4.36. The number of ether oxygens (including phenoxy) is 1. The van der Waals surface area contributed by atoms with Crippen LogP contribution >= 0.6 is 0 Å². The molecule has 1 aromatic rings. The molecule has 1 heterocycles. The summed E-state index contributed by atoms with van der Waals surface area (Å²) in [7, 11) is 1.80. The quantitative estimate of drug-likeness (QED) is 0.880. The summed E-state index contributed by atoms with van der Waals surface area (Å²) in [6, 6.07) is 9.24. The Bertz CT molecular complexity index is 413. The first-order valence-electron chi connectivity index (χ1n) is 7.04. The van der Waals surface area contributed by atoms with E-state index in [9.17, 15) is 0 Å². The highest BCUT2D eigenvalue weighted by molar-refractivity contribution is 5.36. The van der Waals surface area contributed by atoms with E-state index in [0.29, 0.717) is 5.41 Å². The first-order valence-corrected chi connectivity index (χ1v) is 7.04. The van der Waals surface area contributed by atoms with Crippen LogP contribution in [0.5, 0.6) is 0 Å². The highest BCUT2D eigenvalue weighted by atomic mass is 16.5. The van der Waals surface area contributed by atoms with E-state index >= 15 is 0 Å². The molecule has 2 fully saturated rings. The molecule has 2 heteroatoms. The molecule has 1 saturated heterocycles. The highest BCUT2D eigenvalue weighted by Gasteiger charge is 2.44. The van der Waals surface area contributed by atoms with Gasteiger partial charge >= 0.3 is 0 Å². The van der Waals surface area contributed by atoms with E-state index < -0.39 is 0 Å². The van der Waals surface area contributed by atoms with Gasteiger partial charge in [0.1, 0.15) is 0 Å². The Morgan fingerprint density at radius 1 is 1.11 bits per heavy atom. The molecule has 98 valence electrons. The van der Waals surface area contributed by atoms with Crippen molar-refractivity contribution >= 4 is 0 Å². The van der Waals surface area contributed by atoms with Crippen molar-refractivity contribution in [2.45, 2.75) is 43.6 Å². The zero-order chi connectivity index (χ0) is 12.6. The number of methoxy groups -OCH3 is 1. The van der Waals surface area contributed by atoms with E-state index in [2.05, 4.69) is 36.5 Å². The second-order valence-corrected chi connectivity index (χ2v) is 6.15. The summed E-state index contributed by atoms with van der Waals surface area (Å²) in [5, 5.41) is 3.62. The summed E-state index contributed by atoms with van der Waals surface area (Å²) >= 11 is 0. The Kier molecular flexibility index (Phi) is 2.95. The molecular weight excluding hydrogens is 222 g/mol. The van der Waals surface area contributed by atoms with Crippen molar-refractivity contribution in [1.82, 2.24) is 5.32 Å². The van der Waals surface area contributed by atoms with Crippen LogP contribution in [0.2, 0.25) is 0 Å². The van der Waals surface area contributed by atoms with Crippen LogP contribution in [0, 0.1) is 0 Å². The van der Waals surface area contributed by atoms with E-state index in [4.69, 9.17) is 4.74 Å². The zero-order valence-corrected chi connectivity index (χ0v) is 11.5. The van der Waals surface area contributed by atoms with Gasteiger partial charge in [0.05, 0.1) is 6.61 Å². The average Bonchev–Trinajstić information content (AvgIpc) is 3.04. The van der Waals surface area contributed by atoms with Gasteiger partial charge in [-0.25, -0.2) is 0 Å². The van der Waals surface area contributed by atoms with Crippen molar-refractivity contribution in [2.24, 2.45) is 0 Å². The van der Waals surface area contributed by atoms with Gasteiger partial charge in [-0.1, -0.05) is 24.3 Å². The van der Waals surface area contributed by atoms with Gasteiger partial charge in [0, 0.05) is 18.1 Å². The summed E-state index contributed by atoms with van der Waals surface area (Å²) < 4.78 is 5.36.